The Hall–Kier alpha value is -0.570. The van der Waals surface area contributed by atoms with Crippen LogP contribution in [0, 0.1) is 17.8 Å². The molecule has 3 heteroatoms. The van der Waals surface area contributed by atoms with E-state index in [4.69, 9.17) is 0 Å². The Bertz CT molecular complexity index is 222. The Morgan fingerprint density at radius 2 is 2.33 bits per heavy atom. The number of aliphatic hydroxyl groups is 1. The van der Waals surface area contributed by atoms with Crippen molar-refractivity contribution in [2.45, 2.75) is 25.4 Å². The minimum Gasteiger partial charge on any atom is -0.469 e. The zero-order valence-corrected chi connectivity index (χ0v) is 7.41. The topological polar surface area (TPSA) is 46.5 Å². The first kappa shape index (κ1) is 8.05. The van der Waals surface area contributed by atoms with Crippen molar-refractivity contribution in [3.05, 3.63) is 0 Å². The summed E-state index contributed by atoms with van der Waals surface area (Å²) in [7, 11) is 1.41. The van der Waals surface area contributed by atoms with Crippen LogP contribution in [-0.2, 0) is 9.53 Å². The van der Waals surface area contributed by atoms with Crippen LogP contribution in [0.2, 0.25) is 0 Å². The van der Waals surface area contributed by atoms with E-state index >= 15 is 0 Å². The predicted octanol–water partition coefficient (Wildman–Crippen LogP) is 0.566. The number of methoxy groups -OCH3 is 1. The van der Waals surface area contributed by atoms with Gasteiger partial charge in [-0.25, -0.2) is 0 Å². The normalized spacial score (nSPS) is 50.1. The van der Waals surface area contributed by atoms with Crippen molar-refractivity contribution in [3.63, 3.8) is 0 Å². The molecule has 3 rings (SSSR count). The summed E-state index contributed by atoms with van der Waals surface area (Å²) in [5.41, 5.74) is -0.622. The number of ether oxygens (including phenoxy) is 1. The Morgan fingerprint density at radius 1 is 1.67 bits per heavy atom. The number of carbonyl (C=O) groups excluding carboxylic acids is 1. The molecule has 3 aliphatic carbocycles. The van der Waals surface area contributed by atoms with Crippen molar-refractivity contribution < 1.29 is 14.6 Å². The summed E-state index contributed by atoms with van der Waals surface area (Å²) in [5, 5.41) is 9.81. The average Bonchev–Trinajstić information content (AvgIpc) is 2.37. The van der Waals surface area contributed by atoms with Gasteiger partial charge in [0.05, 0.1) is 18.6 Å². The number of carbonyl (C=O) groups is 1. The molecule has 0 aliphatic heterocycles. The number of fused-ring (bicyclic) bond motifs is 1. The monoisotopic (exact) mass is 170 g/mol. The summed E-state index contributed by atoms with van der Waals surface area (Å²) in [6.45, 7) is 1.82. The lowest BCUT2D eigenvalue weighted by Crippen LogP contribution is -2.41. The Kier molecular flexibility index (Phi) is 1.49. The van der Waals surface area contributed by atoms with Gasteiger partial charge in [0.2, 0.25) is 0 Å². The molecule has 3 nitrogen and oxygen atoms in total. The van der Waals surface area contributed by atoms with E-state index < -0.39 is 5.60 Å². The highest BCUT2D eigenvalue weighted by molar-refractivity contribution is 5.75. The maximum absolute atomic E-state index is 11.2. The van der Waals surface area contributed by atoms with Gasteiger partial charge in [-0.3, -0.25) is 4.79 Å². The fourth-order valence-electron chi connectivity index (χ4n) is 2.78. The van der Waals surface area contributed by atoms with Gasteiger partial charge in [-0.05, 0) is 25.7 Å². The van der Waals surface area contributed by atoms with E-state index in [1.807, 2.05) is 6.92 Å². The molecular weight excluding hydrogens is 156 g/mol. The van der Waals surface area contributed by atoms with Crippen LogP contribution >= 0.6 is 0 Å². The molecule has 0 heterocycles. The number of hydrogen-bond donors (Lipinski definition) is 1. The van der Waals surface area contributed by atoms with Crippen LogP contribution in [0.3, 0.4) is 0 Å². The van der Waals surface area contributed by atoms with Gasteiger partial charge in [0.15, 0.2) is 0 Å². The molecule has 12 heavy (non-hydrogen) atoms. The van der Waals surface area contributed by atoms with Crippen LogP contribution in [0.5, 0.6) is 0 Å². The first-order chi connectivity index (χ1) is 5.56. The largest absolute Gasteiger partial charge is 0.469 e. The molecule has 0 radical (unpaired) electrons. The van der Waals surface area contributed by atoms with E-state index in [1.165, 1.54) is 7.11 Å². The van der Waals surface area contributed by atoms with E-state index in [2.05, 4.69) is 4.74 Å². The van der Waals surface area contributed by atoms with Gasteiger partial charge in [0.25, 0.3) is 0 Å². The SMILES string of the molecule is COC(=O)[C@H]1[C@H]2C[C@@H]1[C@@](C)(O)C2. The highest BCUT2D eigenvalue weighted by Gasteiger charge is 2.61. The lowest BCUT2D eigenvalue weighted by molar-refractivity contribution is -0.155. The molecule has 1 N–H and O–H groups in total. The molecule has 0 aromatic rings. The van der Waals surface area contributed by atoms with E-state index in [0.717, 1.165) is 12.8 Å². The molecule has 3 fully saturated rings. The third-order valence-corrected chi connectivity index (χ3v) is 3.45. The summed E-state index contributed by atoms with van der Waals surface area (Å²) < 4.78 is 4.68. The van der Waals surface area contributed by atoms with Crippen LogP contribution in [-0.4, -0.2) is 23.8 Å². The molecule has 3 saturated carbocycles. The highest BCUT2D eigenvalue weighted by atomic mass is 16.5. The molecule has 0 aromatic carbocycles. The van der Waals surface area contributed by atoms with Crippen molar-refractivity contribution in [2.24, 2.45) is 17.8 Å². The molecule has 0 unspecified atom stereocenters. The summed E-state index contributed by atoms with van der Waals surface area (Å²) in [5.74, 6) is 0.353. The Labute approximate surface area is 71.7 Å². The predicted molar refractivity (Wildman–Crippen MR) is 42.3 cm³/mol. The third-order valence-electron chi connectivity index (χ3n) is 3.45. The molecule has 2 bridgehead atoms. The van der Waals surface area contributed by atoms with Crippen molar-refractivity contribution in [1.82, 2.24) is 0 Å². The summed E-state index contributed by atoms with van der Waals surface area (Å²) in [6.07, 6.45) is 1.75. The maximum Gasteiger partial charge on any atom is 0.309 e. The second kappa shape index (κ2) is 2.22. The summed E-state index contributed by atoms with van der Waals surface area (Å²) in [6, 6.07) is 0. The summed E-state index contributed by atoms with van der Waals surface area (Å²) >= 11 is 0. The van der Waals surface area contributed by atoms with Crippen LogP contribution in [0.15, 0.2) is 0 Å². The second-order valence-corrected chi connectivity index (χ2v) is 4.21. The number of rotatable bonds is 1. The van der Waals surface area contributed by atoms with E-state index in [0.29, 0.717) is 5.92 Å². The Balaban J connectivity index is 2.12. The number of esters is 1. The minimum atomic E-state index is -0.622. The van der Waals surface area contributed by atoms with Gasteiger partial charge >= 0.3 is 5.97 Å². The Morgan fingerprint density at radius 3 is 2.67 bits per heavy atom. The van der Waals surface area contributed by atoms with Crippen molar-refractivity contribution >= 4 is 5.97 Å². The molecule has 3 aliphatic rings. The van der Waals surface area contributed by atoms with Gasteiger partial charge in [0.1, 0.15) is 0 Å². The van der Waals surface area contributed by atoms with E-state index in [1.54, 1.807) is 0 Å². The average molecular weight is 170 g/mol. The van der Waals surface area contributed by atoms with Gasteiger partial charge in [-0.15, -0.1) is 0 Å². The van der Waals surface area contributed by atoms with E-state index in [-0.39, 0.29) is 17.8 Å². The zero-order chi connectivity index (χ0) is 8.93. The number of hydrogen-bond acceptors (Lipinski definition) is 3. The lowest BCUT2D eigenvalue weighted by Gasteiger charge is -2.35. The van der Waals surface area contributed by atoms with Gasteiger partial charge in [0, 0.05) is 5.92 Å². The maximum atomic E-state index is 11.2. The first-order valence-corrected chi connectivity index (χ1v) is 4.36. The van der Waals surface area contributed by atoms with Crippen LogP contribution in [0.1, 0.15) is 19.8 Å². The first-order valence-electron chi connectivity index (χ1n) is 4.36. The lowest BCUT2D eigenvalue weighted by atomic mass is 9.70. The zero-order valence-electron chi connectivity index (χ0n) is 7.41. The van der Waals surface area contributed by atoms with Crippen LogP contribution in [0.25, 0.3) is 0 Å². The fraction of sp³-hybridized carbons (Fsp3) is 0.889. The smallest absolute Gasteiger partial charge is 0.309 e. The fourth-order valence-corrected chi connectivity index (χ4v) is 2.78. The molecule has 0 spiro atoms. The molecule has 0 saturated heterocycles. The van der Waals surface area contributed by atoms with Crippen molar-refractivity contribution in [3.8, 4) is 0 Å². The standard InChI is InChI=1S/C9H14O3/c1-9(11)4-5-3-6(9)7(5)8(10)12-2/h5-7,11H,3-4H2,1-2H3/t5-,6-,7-,9-/m0/s1. The molecule has 4 atom stereocenters. The second-order valence-electron chi connectivity index (χ2n) is 4.21. The van der Waals surface area contributed by atoms with E-state index in [9.17, 15) is 9.90 Å². The summed E-state index contributed by atoms with van der Waals surface area (Å²) in [4.78, 5) is 11.2. The third kappa shape index (κ3) is 0.829. The molecule has 0 amide bonds. The molecule has 0 aromatic heterocycles. The van der Waals surface area contributed by atoms with Crippen molar-refractivity contribution in [1.29, 1.82) is 0 Å². The highest BCUT2D eigenvalue weighted by Crippen LogP contribution is 2.59. The molecule has 68 valence electrons. The minimum absolute atomic E-state index is 0.0231. The molecular formula is C9H14O3. The van der Waals surface area contributed by atoms with Crippen LogP contribution in [0.4, 0.5) is 0 Å². The quantitative estimate of drug-likeness (QED) is 0.585. The van der Waals surface area contributed by atoms with Gasteiger partial charge in [-0.1, -0.05) is 0 Å². The van der Waals surface area contributed by atoms with Gasteiger partial charge < -0.3 is 9.84 Å². The van der Waals surface area contributed by atoms with Crippen molar-refractivity contribution in [2.75, 3.05) is 7.11 Å². The van der Waals surface area contributed by atoms with Crippen LogP contribution < -0.4 is 0 Å². The van der Waals surface area contributed by atoms with Gasteiger partial charge in [-0.2, -0.15) is 0 Å².